The average molecular weight is 277 g/mol. The van der Waals surface area contributed by atoms with Crippen LogP contribution in [0.2, 0.25) is 0 Å². The first kappa shape index (κ1) is 14.2. The third-order valence-corrected chi connectivity index (χ3v) is 3.47. The first-order valence-corrected chi connectivity index (χ1v) is 6.17. The SMILES string of the molecule is CN1CCN(c2ncc([N+](=O)[O-])cc2C#N)CC1CO. The van der Waals surface area contributed by atoms with E-state index in [-0.39, 0.29) is 23.9 Å². The summed E-state index contributed by atoms with van der Waals surface area (Å²) in [6.07, 6.45) is 1.16. The molecule has 8 heteroatoms. The molecule has 1 saturated heterocycles. The Labute approximate surface area is 116 Å². The Morgan fingerprint density at radius 2 is 2.40 bits per heavy atom. The molecule has 20 heavy (non-hydrogen) atoms. The van der Waals surface area contributed by atoms with Crippen LogP contribution in [-0.2, 0) is 0 Å². The van der Waals surface area contributed by atoms with E-state index >= 15 is 0 Å². The van der Waals surface area contributed by atoms with Crippen molar-refractivity contribution in [2.24, 2.45) is 0 Å². The Morgan fingerprint density at radius 1 is 1.65 bits per heavy atom. The normalized spacial score (nSPS) is 19.6. The van der Waals surface area contributed by atoms with Crippen molar-refractivity contribution in [1.82, 2.24) is 9.88 Å². The summed E-state index contributed by atoms with van der Waals surface area (Å²) >= 11 is 0. The molecular formula is C12H15N5O3. The van der Waals surface area contributed by atoms with E-state index in [0.717, 1.165) is 12.7 Å². The zero-order valence-corrected chi connectivity index (χ0v) is 11.1. The van der Waals surface area contributed by atoms with E-state index in [4.69, 9.17) is 5.26 Å². The zero-order chi connectivity index (χ0) is 14.7. The van der Waals surface area contributed by atoms with Crippen LogP contribution in [0.1, 0.15) is 5.56 Å². The summed E-state index contributed by atoms with van der Waals surface area (Å²) < 4.78 is 0. The van der Waals surface area contributed by atoms with Gasteiger partial charge in [-0.2, -0.15) is 5.26 Å². The largest absolute Gasteiger partial charge is 0.395 e. The molecule has 0 aromatic carbocycles. The first-order valence-electron chi connectivity index (χ1n) is 6.17. The molecule has 1 aliphatic heterocycles. The summed E-state index contributed by atoms with van der Waals surface area (Å²) in [7, 11) is 1.92. The van der Waals surface area contributed by atoms with Crippen LogP contribution in [0.15, 0.2) is 12.3 Å². The van der Waals surface area contributed by atoms with E-state index in [1.54, 1.807) is 0 Å². The van der Waals surface area contributed by atoms with Crippen LogP contribution in [-0.4, -0.2) is 59.2 Å². The number of hydrogen-bond donors (Lipinski definition) is 1. The lowest BCUT2D eigenvalue weighted by Crippen LogP contribution is -2.53. The Balaban J connectivity index is 2.29. The molecule has 1 aliphatic rings. The molecule has 0 saturated carbocycles. The summed E-state index contributed by atoms with van der Waals surface area (Å²) in [5.41, 5.74) is -0.0152. The fourth-order valence-corrected chi connectivity index (χ4v) is 2.22. The van der Waals surface area contributed by atoms with Gasteiger partial charge in [0, 0.05) is 25.7 Å². The summed E-state index contributed by atoms with van der Waals surface area (Å²) in [5.74, 6) is 0.435. The van der Waals surface area contributed by atoms with Crippen molar-refractivity contribution in [3.63, 3.8) is 0 Å². The molecule has 1 N–H and O–H groups in total. The number of pyridine rings is 1. The number of aliphatic hydroxyl groups is 1. The molecule has 2 heterocycles. The smallest absolute Gasteiger partial charge is 0.289 e. The number of nitrogens with zero attached hydrogens (tertiary/aromatic N) is 5. The molecule has 0 aliphatic carbocycles. The molecular weight excluding hydrogens is 262 g/mol. The van der Waals surface area contributed by atoms with Gasteiger partial charge in [-0.3, -0.25) is 15.0 Å². The number of nitriles is 1. The van der Waals surface area contributed by atoms with Crippen LogP contribution >= 0.6 is 0 Å². The monoisotopic (exact) mass is 277 g/mol. The van der Waals surface area contributed by atoms with Crippen LogP contribution in [0.3, 0.4) is 0 Å². The quantitative estimate of drug-likeness (QED) is 0.611. The minimum Gasteiger partial charge on any atom is -0.395 e. The van der Waals surface area contributed by atoms with E-state index in [1.165, 1.54) is 6.07 Å². The third kappa shape index (κ3) is 2.68. The summed E-state index contributed by atoms with van der Waals surface area (Å²) in [5, 5.41) is 29.2. The zero-order valence-electron chi connectivity index (χ0n) is 11.1. The van der Waals surface area contributed by atoms with Gasteiger partial charge in [0.05, 0.1) is 17.6 Å². The first-order chi connectivity index (χ1) is 9.56. The molecule has 0 spiro atoms. The van der Waals surface area contributed by atoms with Crippen molar-refractivity contribution >= 4 is 11.5 Å². The van der Waals surface area contributed by atoms with Crippen LogP contribution < -0.4 is 4.90 Å². The predicted octanol–water partition coefficient (Wildman–Crippen LogP) is -0.0258. The minimum atomic E-state index is -0.571. The fraction of sp³-hybridized carbons (Fsp3) is 0.500. The molecule has 1 aromatic heterocycles. The number of aliphatic hydroxyl groups excluding tert-OH is 1. The maximum absolute atomic E-state index is 10.7. The van der Waals surface area contributed by atoms with Crippen molar-refractivity contribution in [2.45, 2.75) is 6.04 Å². The molecule has 1 atom stereocenters. The lowest BCUT2D eigenvalue weighted by molar-refractivity contribution is -0.385. The Kier molecular flexibility index (Phi) is 4.12. The van der Waals surface area contributed by atoms with Gasteiger partial charge in [-0.05, 0) is 7.05 Å². The van der Waals surface area contributed by atoms with Crippen molar-refractivity contribution in [3.8, 4) is 6.07 Å². The van der Waals surface area contributed by atoms with E-state index in [1.807, 2.05) is 22.9 Å². The van der Waals surface area contributed by atoms with E-state index < -0.39 is 4.92 Å². The number of hydrogen-bond acceptors (Lipinski definition) is 7. The van der Waals surface area contributed by atoms with Gasteiger partial charge in [0.25, 0.3) is 5.69 Å². The van der Waals surface area contributed by atoms with Crippen LogP contribution in [0.5, 0.6) is 0 Å². The van der Waals surface area contributed by atoms with Gasteiger partial charge in [0.1, 0.15) is 23.6 Å². The second-order valence-electron chi connectivity index (χ2n) is 4.70. The number of likely N-dealkylation sites (N-methyl/N-ethyl adjacent to an activating group) is 1. The van der Waals surface area contributed by atoms with Crippen molar-refractivity contribution in [2.75, 3.05) is 38.2 Å². The van der Waals surface area contributed by atoms with E-state index in [0.29, 0.717) is 18.9 Å². The van der Waals surface area contributed by atoms with Gasteiger partial charge in [0.2, 0.25) is 0 Å². The van der Waals surface area contributed by atoms with Crippen LogP contribution in [0, 0.1) is 21.4 Å². The number of anilines is 1. The van der Waals surface area contributed by atoms with Gasteiger partial charge >= 0.3 is 0 Å². The topological polar surface area (TPSA) is 107 Å². The minimum absolute atomic E-state index is 0.0157. The van der Waals surface area contributed by atoms with E-state index in [9.17, 15) is 15.2 Å². The molecule has 0 bridgehead atoms. The molecule has 1 unspecified atom stereocenters. The summed E-state index contributed by atoms with van der Waals surface area (Å²) in [6.45, 7) is 1.94. The highest BCUT2D eigenvalue weighted by molar-refractivity contribution is 5.57. The maximum atomic E-state index is 10.7. The third-order valence-electron chi connectivity index (χ3n) is 3.47. The summed E-state index contributed by atoms with van der Waals surface area (Å²) in [4.78, 5) is 18.1. The highest BCUT2D eigenvalue weighted by Crippen LogP contribution is 2.23. The standard InChI is InChI=1S/C12H15N5O3/c1-15-2-3-16(7-11(15)8-18)12-9(5-13)4-10(6-14-12)17(19)20/h4,6,11,18H,2-3,7-8H2,1H3. The summed E-state index contributed by atoms with van der Waals surface area (Å²) in [6, 6.07) is 3.14. The molecule has 1 fully saturated rings. The van der Waals surface area contributed by atoms with Gasteiger partial charge in [0.15, 0.2) is 0 Å². The number of aromatic nitrogens is 1. The van der Waals surface area contributed by atoms with Crippen LogP contribution in [0.25, 0.3) is 0 Å². The van der Waals surface area contributed by atoms with Gasteiger partial charge in [-0.15, -0.1) is 0 Å². The van der Waals surface area contributed by atoms with Crippen molar-refractivity contribution < 1.29 is 10.0 Å². The average Bonchev–Trinajstić information content (AvgIpc) is 2.47. The lowest BCUT2D eigenvalue weighted by Gasteiger charge is -2.39. The highest BCUT2D eigenvalue weighted by atomic mass is 16.6. The van der Waals surface area contributed by atoms with Gasteiger partial charge in [-0.25, -0.2) is 4.98 Å². The number of piperazine rings is 1. The highest BCUT2D eigenvalue weighted by Gasteiger charge is 2.26. The molecule has 2 rings (SSSR count). The second kappa shape index (κ2) is 5.81. The molecule has 0 radical (unpaired) electrons. The van der Waals surface area contributed by atoms with Crippen LogP contribution in [0.4, 0.5) is 11.5 Å². The number of rotatable bonds is 3. The van der Waals surface area contributed by atoms with Crippen molar-refractivity contribution in [3.05, 3.63) is 27.9 Å². The lowest BCUT2D eigenvalue weighted by atomic mass is 10.1. The number of nitro groups is 1. The van der Waals surface area contributed by atoms with E-state index in [2.05, 4.69) is 4.98 Å². The van der Waals surface area contributed by atoms with Crippen molar-refractivity contribution in [1.29, 1.82) is 5.26 Å². The molecule has 106 valence electrons. The Hall–Kier alpha value is -2.24. The maximum Gasteiger partial charge on any atom is 0.289 e. The Bertz CT molecular complexity index is 557. The second-order valence-corrected chi connectivity index (χ2v) is 4.70. The molecule has 8 nitrogen and oxygen atoms in total. The molecule has 0 amide bonds. The predicted molar refractivity (Wildman–Crippen MR) is 71.3 cm³/mol. The van der Waals surface area contributed by atoms with Gasteiger partial charge in [-0.1, -0.05) is 0 Å². The molecule has 1 aromatic rings. The van der Waals surface area contributed by atoms with Gasteiger partial charge < -0.3 is 10.0 Å². The Morgan fingerprint density at radius 3 is 3.00 bits per heavy atom. The fourth-order valence-electron chi connectivity index (χ4n) is 2.22.